The summed E-state index contributed by atoms with van der Waals surface area (Å²) in [6.07, 6.45) is 0. The predicted molar refractivity (Wildman–Crippen MR) is 94.5 cm³/mol. The van der Waals surface area contributed by atoms with E-state index in [4.69, 9.17) is 16.3 Å². The summed E-state index contributed by atoms with van der Waals surface area (Å²) in [6, 6.07) is 9.81. The molecule has 8 heteroatoms. The third kappa shape index (κ3) is 3.52. The summed E-state index contributed by atoms with van der Waals surface area (Å²) in [5.74, 6) is 1.46. The molecule has 1 heterocycles. The summed E-state index contributed by atoms with van der Waals surface area (Å²) in [4.78, 5) is 1.26. The van der Waals surface area contributed by atoms with Crippen molar-refractivity contribution in [1.29, 1.82) is 0 Å². The molecule has 2 aromatic carbocycles. The number of halogens is 1. The van der Waals surface area contributed by atoms with Gasteiger partial charge in [0.05, 0.1) is 22.7 Å². The van der Waals surface area contributed by atoms with Crippen molar-refractivity contribution in [2.24, 2.45) is 0 Å². The molecule has 0 atom stereocenters. The molecule has 23 heavy (non-hydrogen) atoms. The molecule has 122 valence electrons. The van der Waals surface area contributed by atoms with Gasteiger partial charge in [0, 0.05) is 22.9 Å². The van der Waals surface area contributed by atoms with Crippen molar-refractivity contribution in [1.82, 2.24) is 0 Å². The molecule has 0 amide bonds. The summed E-state index contributed by atoms with van der Waals surface area (Å²) in [5.41, 5.74) is 1.23. The molecule has 2 aromatic rings. The Morgan fingerprint density at radius 2 is 2.09 bits per heavy atom. The molecule has 0 saturated heterocycles. The Kier molecular flexibility index (Phi) is 4.61. The maximum Gasteiger partial charge on any atom is 0.261 e. The molecule has 0 saturated carbocycles. The number of rotatable bonds is 4. The van der Waals surface area contributed by atoms with Gasteiger partial charge in [-0.3, -0.25) is 4.72 Å². The Hall–Kier alpha value is -1.57. The Balaban J connectivity index is 1.88. The number of thioether (sulfide) groups is 1. The summed E-state index contributed by atoms with van der Waals surface area (Å²) >= 11 is 7.74. The number of hydrogen-bond donors (Lipinski definition) is 2. The maximum atomic E-state index is 12.5. The van der Waals surface area contributed by atoms with Gasteiger partial charge >= 0.3 is 0 Å². The van der Waals surface area contributed by atoms with Gasteiger partial charge in [0.25, 0.3) is 10.0 Å². The van der Waals surface area contributed by atoms with E-state index in [9.17, 15) is 8.42 Å². The Bertz CT molecular complexity index is 841. The molecule has 0 spiro atoms. The first kappa shape index (κ1) is 16.3. The zero-order valence-electron chi connectivity index (χ0n) is 12.3. The Labute approximate surface area is 144 Å². The van der Waals surface area contributed by atoms with Crippen molar-refractivity contribution < 1.29 is 13.2 Å². The average molecular weight is 371 g/mol. The van der Waals surface area contributed by atoms with Crippen molar-refractivity contribution in [3.05, 3.63) is 41.4 Å². The van der Waals surface area contributed by atoms with Crippen molar-refractivity contribution in [2.75, 3.05) is 29.4 Å². The number of sulfonamides is 1. The third-order valence-corrected chi connectivity index (χ3v) is 6.09. The SMILES string of the molecule is COc1ccc(NS(=O)(=O)c2ccc3c(c2)NCCS3)cc1Cl. The quantitative estimate of drug-likeness (QED) is 0.859. The van der Waals surface area contributed by atoms with Crippen LogP contribution in [0.15, 0.2) is 46.2 Å². The molecule has 2 N–H and O–H groups in total. The fourth-order valence-corrected chi connectivity index (χ4v) is 4.44. The van der Waals surface area contributed by atoms with Crippen LogP contribution >= 0.6 is 23.4 Å². The lowest BCUT2D eigenvalue weighted by molar-refractivity contribution is 0.415. The van der Waals surface area contributed by atoms with Crippen LogP contribution in [-0.4, -0.2) is 27.8 Å². The second-order valence-corrected chi connectivity index (χ2v) is 8.11. The molecule has 0 unspecified atom stereocenters. The molecule has 0 aromatic heterocycles. The zero-order chi connectivity index (χ0) is 16.4. The summed E-state index contributed by atoms with van der Waals surface area (Å²) in [6.45, 7) is 0.822. The lowest BCUT2D eigenvalue weighted by Gasteiger charge is -2.18. The first-order chi connectivity index (χ1) is 11.0. The average Bonchev–Trinajstić information content (AvgIpc) is 2.54. The monoisotopic (exact) mass is 370 g/mol. The van der Waals surface area contributed by atoms with E-state index in [-0.39, 0.29) is 4.90 Å². The van der Waals surface area contributed by atoms with Crippen LogP contribution < -0.4 is 14.8 Å². The lowest BCUT2D eigenvalue weighted by atomic mass is 10.3. The second-order valence-electron chi connectivity index (χ2n) is 4.89. The minimum atomic E-state index is -3.68. The van der Waals surface area contributed by atoms with Crippen molar-refractivity contribution in [2.45, 2.75) is 9.79 Å². The van der Waals surface area contributed by atoms with Gasteiger partial charge in [0.15, 0.2) is 0 Å². The van der Waals surface area contributed by atoms with Crippen LogP contribution in [0.3, 0.4) is 0 Å². The number of ether oxygens (including phenoxy) is 1. The Morgan fingerprint density at radius 1 is 1.26 bits per heavy atom. The van der Waals surface area contributed by atoms with Gasteiger partial charge in [-0.05, 0) is 36.4 Å². The molecular formula is C15H15ClN2O3S2. The standard InChI is InChI=1S/C15H15ClN2O3S2/c1-21-14-4-2-10(8-12(14)16)18-23(19,20)11-3-5-15-13(9-11)17-6-7-22-15/h2-5,8-9,17-18H,6-7H2,1H3. The van der Waals surface area contributed by atoms with Gasteiger partial charge in [-0.2, -0.15) is 0 Å². The highest BCUT2D eigenvalue weighted by atomic mass is 35.5. The number of fused-ring (bicyclic) bond motifs is 1. The second kappa shape index (κ2) is 6.51. The highest BCUT2D eigenvalue weighted by Crippen LogP contribution is 2.33. The molecule has 1 aliphatic heterocycles. The van der Waals surface area contributed by atoms with E-state index in [1.54, 1.807) is 36.0 Å². The van der Waals surface area contributed by atoms with E-state index in [1.807, 2.05) is 6.07 Å². The van der Waals surface area contributed by atoms with Crippen molar-refractivity contribution in [3.8, 4) is 5.75 Å². The lowest BCUT2D eigenvalue weighted by Crippen LogP contribution is -2.15. The van der Waals surface area contributed by atoms with E-state index in [0.29, 0.717) is 16.5 Å². The van der Waals surface area contributed by atoms with Gasteiger partial charge in [-0.25, -0.2) is 8.42 Å². The summed E-state index contributed by atoms with van der Waals surface area (Å²) in [5, 5.41) is 3.56. The third-order valence-electron chi connectivity index (χ3n) is 3.34. The van der Waals surface area contributed by atoms with Gasteiger partial charge in [0.1, 0.15) is 5.75 Å². The van der Waals surface area contributed by atoms with Crippen LogP contribution in [0.2, 0.25) is 5.02 Å². The number of nitrogens with one attached hydrogen (secondary N) is 2. The summed E-state index contributed by atoms with van der Waals surface area (Å²) < 4.78 is 32.7. The van der Waals surface area contributed by atoms with Crippen molar-refractivity contribution >= 4 is 44.8 Å². The predicted octanol–water partition coefficient (Wildman–Crippen LogP) is 3.67. The normalized spacial score (nSPS) is 13.8. The first-order valence-corrected chi connectivity index (χ1v) is 9.71. The van der Waals surface area contributed by atoms with Crippen LogP contribution in [0.1, 0.15) is 0 Å². The molecule has 5 nitrogen and oxygen atoms in total. The number of methoxy groups -OCH3 is 1. The topological polar surface area (TPSA) is 67.4 Å². The van der Waals surface area contributed by atoms with E-state index >= 15 is 0 Å². The van der Waals surface area contributed by atoms with Crippen LogP contribution in [0.25, 0.3) is 0 Å². The van der Waals surface area contributed by atoms with E-state index in [1.165, 1.54) is 13.2 Å². The molecule has 0 aliphatic carbocycles. The fraction of sp³-hybridized carbons (Fsp3) is 0.200. The summed E-state index contributed by atoms with van der Waals surface area (Å²) in [7, 11) is -2.18. The van der Waals surface area contributed by atoms with Crippen LogP contribution in [0.4, 0.5) is 11.4 Å². The Morgan fingerprint density at radius 3 is 2.83 bits per heavy atom. The maximum absolute atomic E-state index is 12.5. The van der Waals surface area contributed by atoms with Crippen LogP contribution in [0.5, 0.6) is 5.75 Å². The molecule has 0 radical (unpaired) electrons. The molecule has 3 rings (SSSR count). The minimum absolute atomic E-state index is 0.207. The number of anilines is 2. The zero-order valence-corrected chi connectivity index (χ0v) is 14.7. The molecular weight excluding hydrogens is 356 g/mol. The smallest absolute Gasteiger partial charge is 0.261 e. The van der Waals surface area contributed by atoms with E-state index < -0.39 is 10.0 Å². The van der Waals surface area contributed by atoms with Gasteiger partial charge in [-0.1, -0.05) is 11.6 Å². The number of benzene rings is 2. The highest BCUT2D eigenvalue weighted by molar-refractivity contribution is 7.99. The fourth-order valence-electron chi connectivity index (χ4n) is 2.23. The van der Waals surface area contributed by atoms with E-state index in [0.717, 1.165) is 22.9 Å². The van der Waals surface area contributed by atoms with E-state index in [2.05, 4.69) is 10.0 Å². The minimum Gasteiger partial charge on any atom is -0.495 e. The van der Waals surface area contributed by atoms with Gasteiger partial charge in [-0.15, -0.1) is 11.8 Å². The van der Waals surface area contributed by atoms with Crippen LogP contribution in [-0.2, 0) is 10.0 Å². The molecule has 1 aliphatic rings. The van der Waals surface area contributed by atoms with Gasteiger partial charge < -0.3 is 10.1 Å². The van der Waals surface area contributed by atoms with Crippen LogP contribution in [0, 0.1) is 0 Å². The first-order valence-electron chi connectivity index (χ1n) is 6.87. The largest absolute Gasteiger partial charge is 0.495 e. The van der Waals surface area contributed by atoms with Crippen molar-refractivity contribution in [3.63, 3.8) is 0 Å². The number of hydrogen-bond acceptors (Lipinski definition) is 5. The molecule has 0 fully saturated rings. The molecule has 0 bridgehead atoms. The van der Waals surface area contributed by atoms with Gasteiger partial charge in [0.2, 0.25) is 0 Å². The highest BCUT2D eigenvalue weighted by Gasteiger charge is 2.18.